The van der Waals surface area contributed by atoms with E-state index in [1.54, 1.807) is 20.3 Å². The lowest BCUT2D eigenvalue weighted by atomic mass is 10.1. The van der Waals surface area contributed by atoms with Crippen LogP contribution in [0.15, 0.2) is 42.5 Å². The van der Waals surface area contributed by atoms with E-state index in [1.165, 1.54) is 6.07 Å². The Labute approximate surface area is 180 Å². The van der Waals surface area contributed by atoms with Crippen molar-refractivity contribution in [2.24, 2.45) is 0 Å². The van der Waals surface area contributed by atoms with Crippen LogP contribution in [-0.2, 0) is 12.7 Å². The zero-order chi connectivity index (χ0) is 21.7. The van der Waals surface area contributed by atoms with Gasteiger partial charge in [0.2, 0.25) is 0 Å². The summed E-state index contributed by atoms with van der Waals surface area (Å²) in [7, 11) is 3.19. The van der Waals surface area contributed by atoms with Crippen molar-refractivity contribution in [2.45, 2.75) is 44.4 Å². The van der Waals surface area contributed by atoms with Crippen molar-refractivity contribution in [2.75, 3.05) is 19.5 Å². The highest BCUT2D eigenvalue weighted by Gasteiger charge is 2.31. The van der Waals surface area contributed by atoms with E-state index in [0.29, 0.717) is 28.8 Å². The molecule has 0 aliphatic heterocycles. The molecular formula is C22H25F3N2O2S. The molecule has 30 heavy (non-hydrogen) atoms. The van der Waals surface area contributed by atoms with E-state index in [-0.39, 0.29) is 6.04 Å². The minimum atomic E-state index is -4.40. The van der Waals surface area contributed by atoms with Crippen molar-refractivity contribution < 1.29 is 22.6 Å². The van der Waals surface area contributed by atoms with Crippen molar-refractivity contribution >= 4 is 23.0 Å². The van der Waals surface area contributed by atoms with Gasteiger partial charge < -0.3 is 19.7 Å². The summed E-state index contributed by atoms with van der Waals surface area (Å²) in [5.41, 5.74) is 0.539. The van der Waals surface area contributed by atoms with Crippen LogP contribution in [0.25, 0.3) is 0 Å². The van der Waals surface area contributed by atoms with Gasteiger partial charge in [0.25, 0.3) is 0 Å². The number of anilines is 1. The average Bonchev–Trinajstić information content (AvgIpc) is 3.26. The van der Waals surface area contributed by atoms with E-state index in [1.807, 2.05) is 23.1 Å². The second-order valence-electron chi connectivity index (χ2n) is 7.25. The molecule has 8 heteroatoms. The van der Waals surface area contributed by atoms with Crippen molar-refractivity contribution in [3.8, 4) is 11.5 Å². The van der Waals surface area contributed by atoms with E-state index < -0.39 is 11.7 Å². The molecule has 0 spiro atoms. The van der Waals surface area contributed by atoms with Crippen LogP contribution >= 0.6 is 12.2 Å². The van der Waals surface area contributed by atoms with Crippen LogP contribution in [0.3, 0.4) is 0 Å². The Hall–Kier alpha value is -2.48. The molecule has 1 N–H and O–H groups in total. The van der Waals surface area contributed by atoms with Gasteiger partial charge in [0, 0.05) is 29.9 Å². The highest BCUT2D eigenvalue weighted by Crippen LogP contribution is 2.32. The molecule has 3 rings (SSSR count). The monoisotopic (exact) mass is 438 g/mol. The topological polar surface area (TPSA) is 33.7 Å². The summed E-state index contributed by atoms with van der Waals surface area (Å²) in [6.45, 7) is 0.489. The molecule has 1 aliphatic carbocycles. The maximum Gasteiger partial charge on any atom is 0.416 e. The first-order chi connectivity index (χ1) is 14.3. The van der Waals surface area contributed by atoms with Crippen molar-refractivity contribution in [1.82, 2.24) is 4.90 Å². The fourth-order valence-electron chi connectivity index (χ4n) is 3.72. The lowest BCUT2D eigenvalue weighted by molar-refractivity contribution is -0.137. The number of rotatable bonds is 6. The van der Waals surface area contributed by atoms with E-state index in [9.17, 15) is 13.2 Å². The van der Waals surface area contributed by atoms with Gasteiger partial charge in [0.1, 0.15) is 11.5 Å². The smallest absolute Gasteiger partial charge is 0.416 e. The number of benzene rings is 2. The summed E-state index contributed by atoms with van der Waals surface area (Å²) in [6.07, 6.45) is -0.215. The normalized spacial score (nSPS) is 14.4. The molecule has 0 saturated heterocycles. The summed E-state index contributed by atoms with van der Waals surface area (Å²) in [4.78, 5) is 2.05. The van der Waals surface area contributed by atoms with Gasteiger partial charge in [-0.2, -0.15) is 13.2 Å². The Morgan fingerprint density at radius 2 is 1.83 bits per heavy atom. The van der Waals surface area contributed by atoms with Crippen LogP contribution in [0.4, 0.5) is 18.9 Å². The van der Waals surface area contributed by atoms with Crippen LogP contribution in [-0.4, -0.2) is 30.3 Å². The van der Waals surface area contributed by atoms with E-state index in [4.69, 9.17) is 21.7 Å². The Bertz CT molecular complexity index is 883. The molecule has 0 radical (unpaired) electrons. The average molecular weight is 439 g/mol. The minimum Gasteiger partial charge on any atom is -0.497 e. The first-order valence-corrected chi connectivity index (χ1v) is 10.2. The number of halogens is 3. The zero-order valence-corrected chi connectivity index (χ0v) is 17.8. The number of methoxy groups -OCH3 is 2. The number of hydrogen-bond acceptors (Lipinski definition) is 3. The second-order valence-corrected chi connectivity index (χ2v) is 7.64. The SMILES string of the molecule is COc1ccc(CN(C(=S)Nc2cccc(C(F)(F)F)c2)C2CCCC2)c(OC)c1. The molecule has 1 fully saturated rings. The summed E-state index contributed by atoms with van der Waals surface area (Å²) >= 11 is 5.63. The lowest BCUT2D eigenvalue weighted by Crippen LogP contribution is -2.41. The molecule has 0 atom stereocenters. The first kappa shape index (κ1) is 22.2. The number of alkyl halides is 3. The van der Waals surface area contributed by atoms with Gasteiger partial charge in [-0.25, -0.2) is 0 Å². The standard InChI is InChI=1S/C22H25F3N2O2S/c1-28-19-11-10-15(20(13-19)29-2)14-27(18-8-3-4-9-18)21(30)26-17-7-5-6-16(12-17)22(23,24)25/h5-7,10-13,18H,3-4,8-9,14H2,1-2H3,(H,26,30). The van der Waals surface area contributed by atoms with Crippen LogP contribution in [0.1, 0.15) is 36.8 Å². The highest BCUT2D eigenvalue weighted by molar-refractivity contribution is 7.80. The molecule has 0 amide bonds. The predicted octanol–water partition coefficient (Wildman–Crippen LogP) is 5.86. The summed E-state index contributed by atoms with van der Waals surface area (Å²) in [5, 5.41) is 3.41. The Kier molecular flexibility index (Phi) is 7.07. The maximum atomic E-state index is 13.0. The lowest BCUT2D eigenvalue weighted by Gasteiger charge is -2.32. The number of nitrogens with one attached hydrogen (secondary N) is 1. The van der Waals surface area contributed by atoms with Crippen LogP contribution in [0.2, 0.25) is 0 Å². The summed E-state index contributed by atoms with van der Waals surface area (Å²) in [6, 6.07) is 10.9. The Balaban J connectivity index is 1.83. The predicted molar refractivity (Wildman–Crippen MR) is 115 cm³/mol. The molecule has 0 heterocycles. The number of hydrogen-bond donors (Lipinski definition) is 1. The third-order valence-corrected chi connectivity index (χ3v) is 5.64. The molecule has 0 bridgehead atoms. The number of nitrogens with zero attached hydrogens (tertiary/aromatic N) is 1. The quantitative estimate of drug-likeness (QED) is 0.571. The van der Waals surface area contributed by atoms with E-state index in [2.05, 4.69) is 5.32 Å². The first-order valence-electron chi connectivity index (χ1n) is 9.77. The molecule has 4 nitrogen and oxygen atoms in total. The Morgan fingerprint density at radius 1 is 1.10 bits per heavy atom. The highest BCUT2D eigenvalue weighted by atomic mass is 32.1. The fourth-order valence-corrected chi connectivity index (χ4v) is 4.05. The maximum absolute atomic E-state index is 13.0. The van der Waals surface area contributed by atoms with Gasteiger partial charge >= 0.3 is 6.18 Å². The molecule has 2 aromatic rings. The minimum absolute atomic E-state index is 0.225. The largest absolute Gasteiger partial charge is 0.497 e. The molecule has 2 aromatic carbocycles. The number of ether oxygens (including phenoxy) is 2. The summed E-state index contributed by atoms with van der Waals surface area (Å²) < 4.78 is 49.9. The van der Waals surface area contributed by atoms with E-state index >= 15 is 0 Å². The zero-order valence-electron chi connectivity index (χ0n) is 17.0. The van der Waals surface area contributed by atoms with Crippen molar-refractivity contribution in [3.63, 3.8) is 0 Å². The van der Waals surface area contributed by atoms with Gasteiger partial charge in [-0.1, -0.05) is 18.9 Å². The van der Waals surface area contributed by atoms with Crippen molar-refractivity contribution in [3.05, 3.63) is 53.6 Å². The van der Waals surface area contributed by atoms with Gasteiger partial charge in [-0.05, 0) is 55.4 Å². The molecule has 0 unspecified atom stereocenters. The molecule has 0 aromatic heterocycles. The third-order valence-electron chi connectivity index (χ3n) is 5.30. The van der Waals surface area contributed by atoms with Crippen molar-refractivity contribution in [1.29, 1.82) is 0 Å². The molecule has 162 valence electrons. The summed E-state index contributed by atoms with van der Waals surface area (Å²) in [5.74, 6) is 1.37. The van der Waals surface area contributed by atoms with Gasteiger partial charge in [-0.15, -0.1) is 0 Å². The Morgan fingerprint density at radius 3 is 2.47 bits per heavy atom. The second kappa shape index (κ2) is 9.55. The molecule has 1 saturated carbocycles. The van der Waals surface area contributed by atoms with Gasteiger partial charge in [0.05, 0.1) is 19.8 Å². The molecule has 1 aliphatic rings. The third kappa shape index (κ3) is 5.36. The number of thiocarbonyl (C=S) groups is 1. The van der Waals surface area contributed by atoms with Crippen LogP contribution in [0.5, 0.6) is 11.5 Å². The van der Waals surface area contributed by atoms with Gasteiger partial charge in [0.15, 0.2) is 5.11 Å². The fraction of sp³-hybridized carbons (Fsp3) is 0.409. The van der Waals surface area contributed by atoms with Crippen LogP contribution in [0, 0.1) is 0 Å². The van der Waals surface area contributed by atoms with E-state index in [0.717, 1.165) is 43.4 Å². The van der Waals surface area contributed by atoms with Crippen LogP contribution < -0.4 is 14.8 Å². The van der Waals surface area contributed by atoms with Gasteiger partial charge in [-0.3, -0.25) is 0 Å². The molecular weight excluding hydrogens is 413 g/mol.